The number of hydrogen-bond donors (Lipinski definition) is 2. The minimum absolute atomic E-state index is 0.0399. The fourth-order valence-electron chi connectivity index (χ4n) is 2.16. The summed E-state index contributed by atoms with van der Waals surface area (Å²) in [4.78, 5) is 14.5. The Morgan fingerprint density at radius 1 is 0.893 bits per heavy atom. The molecule has 0 atom stereocenters. The second-order valence-corrected chi connectivity index (χ2v) is 5.72. The zero-order valence-corrected chi connectivity index (χ0v) is 16.4. The number of phenolic OH excluding ortho intramolecular Hbond substituents is 2. The average molecular weight is 389 g/mol. The van der Waals surface area contributed by atoms with E-state index in [0.29, 0.717) is 23.3 Å². The van der Waals surface area contributed by atoms with E-state index in [-0.39, 0.29) is 11.5 Å². The lowest BCUT2D eigenvalue weighted by atomic mass is 10.2. The number of aliphatic imine (C=N–C) groups is 1. The standard InChI is InChI=1S/C13H19NO3.C8H8O3/c1-16-8-4-3-7-14-10-11-5-6-12(15)13(9-11)17-2;1-11-8-4-6(5-9)2-3-7(8)10/h5-6,9-10,15H,3-4,7-8H2,1-2H3;2-5,10H,1H3. The molecule has 0 unspecified atom stereocenters. The summed E-state index contributed by atoms with van der Waals surface area (Å²) in [6.07, 6.45) is 4.52. The predicted molar refractivity (Wildman–Crippen MR) is 108 cm³/mol. The van der Waals surface area contributed by atoms with E-state index in [1.54, 1.807) is 31.5 Å². The summed E-state index contributed by atoms with van der Waals surface area (Å²) in [6.45, 7) is 1.56. The van der Waals surface area contributed by atoms with E-state index in [1.807, 2.05) is 0 Å². The van der Waals surface area contributed by atoms with Gasteiger partial charge in [0, 0.05) is 32.0 Å². The molecular formula is C21H27NO6. The van der Waals surface area contributed by atoms with Crippen molar-refractivity contribution in [2.75, 3.05) is 34.5 Å². The Kier molecular flexibility index (Phi) is 10.8. The van der Waals surface area contributed by atoms with Crippen molar-refractivity contribution < 1.29 is 29.2 Å². The fraction of sp³-hybridized carbons (Fsp3) is 0.333. The Balaban J connectivity index is 0.000000307. The molecule has 0 aromatic heterocycles. The van der Waals surface area contributed by atoms with Gasteiger partial charge in [0.15, 0.2) is 23.0 Å². The minimum Gasteiger partial charge on any atom is -0.504 e. The third kappa shape index (κ3) is 8.09. The average Bonchev–Trinajstić information content (AvgIpc) is 2.72. The highest BCUT2D eigenvalue weighted by atomic mass is 16.5. The summed E-state index contributed by atoms with van der Waals surface area (Å²) in [7, 11) is 4.66. The fourth-order valence-corrected chi connectivity index (χ4v) is 2.16. The maximum absolute atomic E-state index is 10.2. The number of rotatable bonds is 9. The molecule has 0 spiro atoms. The first kappa shape index (κ1) is 23.0. The van der Waals surface area contributed by atoms with Gasteiger partial charge in [-0.25, -0.2) is 0 Å². The second-order valence-electron chi connectivity index (χ2n) is 5.72. The number of carbonyl (C=O) groups excluding carboxylic acids is 1. The maximum Gasteiger partial charge on any atom is 0.161 e. The molecule has 2 rings (SSSR count). The van der Waals surface area contributed by atoms with Gasteiger partial charge in [-0.2, -0.15) is 0 Å². The van der Waals surface area contributed by atoms with Gasteiger partial charge in [-0.1, -0.05) is 0 Å². The van der Waals surface area contributed by atoms with Gasteiger partial charge in [-0.3, -0.25) is 9.79 Å². The SMILES string of the molecule is COCCCCN=Cc1ccc(O)c(OC)c1.COc1cc(C=O)ccc1O. The van der Waals surface area contributed by atoms with Crippen LogP contribution >= 0.6 is 0 Å². The number of carbonyl (C=O) groups is 1. The summed E-state index contributed by atoms with van der Waals surface area (Å²) < 4.78 is 14.7. The van der Waals surface area contributed by atoms with Gasteiger partial charge in [0.1, 0.15) is 6.29 Å². The van der Waals surface area contributed by atoms with Crippen LogP contribution in [0.15, 0.2) is 41.4 Å². The van der Waals surface area contributed by atoms with Gasteiger partial charge < -0.3 is 24.4 Å². The van der Waals surface area contributed by atoms with E-state index in [0.717, 1.165) is 31.6 Å². The summed E-state index contributed by atoms with van der Waals surface area (Å²) in [6, 6.07) is 9.57. The van der Waals surface area contributed by atoms with Crippen LogP contribution in [0, 0.1) is 0 Å². The number of methoxy groups -OCH3 is 3. The van der Waals surface area contributed by atoms with Gasteiger partial charge in [0.2, 0.25) is 0 Å². The molecule has 0 saturated heterocycles. The molecule has 0 aliphatic carbocycles. The first-order valence-electron chi connectivity index (χ1n) is 8.73. The Hall–Kier alpha value is -3.06. The van der Waals surface area contributed by atoms with Crippen molar-refractivity contribution in [3.63, 3.8) is 0 Å². The van der Waals surface area contributed by atoms with Crippen molar-refractivity contribution in [2.24, 2.45) is 4.99 Å². The first-order chi connectivity index (χ1) is 13.5. The molecule has 2 aromatic carbocycles. The van der Waals surface area contributed by atoms with Crippen molar-refractivity contribution in [3.8, 4) is 23.0 Å². The van der Waals surface area contributed by atoms with Crippen LogP contribution < -0.4 is 9.47 Å². The van der Waals surface area contributed by atoms with Crippen LogP contribution in [-0.2, 0) is 4.74 Å². The Bertz CT molecular complexity index is 761. The molecule has 0 heterocycles. The van der Waals surface area contributed by atoms with Crippen molar-refractivity contribution in [1.82, 2.24) is 0 Å². The predicted octanol–water partition coefficient (Wildman–Crippen LogP) is 3.46. The molecule has 0 bridgehead atoms. The number of benzene rings is 2. The summed E-state index contributed by atoms with van der Waals surface area (Å²) >= 11 is 0. The van der Waals surface area contributed by atoms with Gasteiger partial charge in [0.25, 0.3) is 0 Å². The lowest BCUT2D eigenvalue weighted by Gasteiger charge is -2.03. The van der Waals surface area contributed by atoms with Crippen LogP contribution in [0.25, 0.3) is 0 Å². The molecule has 28 heavy (non-hydrogen) atoms. The number of hydrogen-bond acceptors (Lipinski definition) is 7. The van der Waals surface area contributed by atoms with E-state index in [2.05, 4.69) is 4.99 Å². The highest BCUT2D eigenvalue weighted by molar-refractivity contribution is 5.80. The molecule has 0 fully saturated rings. The van der Waals surface area contributed by atoms with Crippen LogP contribution in [-0.4, -0.2) is 57.2 Å². The molecule has 0 radical (unpaired) electrons. The normalized spacial score (nSPS) is 10.2. The largest absolute Gasteiger partial charge is 0.504 e. The first-order valence-corrected chi connectivity index (χ1v) is 8.73. The zero-order chi connectivity index (χ0) is 20.8. The third-order valence-electron chi connectivity index (χ3n) is 3.67. The molecule has 2 N–H and O–H groups in total. The molecule has 0 aliphatic heterocycles. The van der Waals surface area contributed by atoms with Crippen molar-refractivity contribution in [2.45, 2.75) is 12.8 Å². The molecule has 7 nitrogen and oxygen atoms in total. The lowest BCUT2D eigenvalue weighted by Crippen LogP contribution is -1.91. The van der Waals surface area contributed by atoms with Gasteiger partial charge in [-0.15, -0.1) is 0 Å². The topological polar surface area (TPSA) is 97.6 Å². The summed E-state index contributed by atoms with van der Waals surface area (Å²) in [5.41, 5.74) is 1.41. The van der Waals surface area contributed by atoms with Crippen molar-refractivity contribution >= 4 is 12.5 Å². The number of unbranched alkanes of at least 4 members (excludes halogenated alkanes) is 1. The third-order valence-corrected chi connectivity index (χ3v) is 3.67. The molecular weight excluding hydrogens is 362 g/mol. The van der Waals surface area contributed by atoms with E-state index in [9.17, 15) is 9.90 Å². The van der Waals surface area contributed by atoms with E-state index < -0.39 is 0 Å². The van der Waals surface area contributed by atoms with Crippen LogP contribution in [0.1, 0.15) is 28.8 Å². The number of aldehydes is 1. The quantitative estimate of drug-likeness (QED) is 0.387. The second kappa shape index (κ2) is 13.2. The van der Waals surface area contributed by atoms with Gasteiger partial charge in [-0.05, 0) is 54.8 Å². The van der Waals surface area contributed by atoms with Crippen molar-refractivity contribution in [1.29, 1.82) is 0 Å². The highest BCUT2D eigenvalue weighted by Crippen LogP contribution is 2.26. The summed E-state index contributed by atoms with van der Waals surface area (Å²) in [5.74, 6) is 0.964. The maximum atomic E-state index is 10.2. The van der Waals surface area contributed by atoms with Crippen LogP contribution in [0.4, 0.5) is 0 Å². The zero-order valence-electron chi connectivity index (χ0n) is 16.4. The van der Waals surface area contributed by atoms with Crippen LogP contribution in [0.2, 0.25) is 0 Å². The minimum atomic E-state index is 0.0399. The Morgan fingerprint density at radius 3 is 2.00 bits per heavy atom. The van der Waals surface area contributed by atoms with Crippen molar-refractivity contribution in [3.05, 3.63) is 47.5 Å². The van der Waals surface area contributed by atoms with Gasteiger partial charge >= 0.3 is 0 Å². The Labute approximate surface area is 165 Å². The van der Waals surface area contributed by atoms with Crippen LogP contribution in [0.5, 0.6) is 23.0 Å². The molecule has 152 valence electrons. The number of aromatic hydroxyl groups is 2. The number of ether oxygens (including phenoxy) is 3. The molecule has 0 saturated carbocycles. The molecule has 0 aliphatic rings. The smallest absolute Gasteiger partial charge is 0.161 e. The van der Waals surface area contributed by atoms with E-state index in [1.165, 1.54) is 32.4 Å². The molecule has 0 amide bonds. The molecule has 2 aromatic rings. The van der Waals surface area contributed by atoms with Gasteiger partial charge in [0.05, 0.1) is 14.2 Å². The Morgan fingerprint density at radius 2 is 1.46 bits per heavy atom. The van der Waals surface area contributed by atoms with E-state index in [4.69, 9.17) is 19.3 Å². The number of nitrogens with zero attached hydrogens (tertiary/aromatic N) is 1. The highest BCUT2D eigenvalue weighted by Gasteiger charge is 2.01. The summed E-state index contributed by atoms with van der Waals surface area (Å²) in [5, 5.41) is 18.5. The molecule has 7 heteroatoms. The van der Waals surface area contributed by atoms with E-state index >= 15 is 0 Å². The van der Waals surface area contributed by atoms with Crippen LogP contribution in [0.3, 0.4) is 0 Å². The number of phenols is 2. The monoisotopic (exact) mass is 389 g/mol. The lowest BCUT2D eigenvalue weighted by molar-refractivity contribution is 0.112.